The molecule has 0 fully saturated rings. The summed E-state index contributed by atoms with van der Waals surface area (Å²) in [4.78, 5) is 9.79. The fraction of sp³-hybridized carbons (Fsp3) is 0.857. The lowest BCUT2D eigenvalue weighted by Gasteiger charge is -2.22. The third-order valence-electron chi connectivity index (χ3n) is 1.55. The highest BCUT2D eigenvalue weighted by Gasteiger charge is 2.41. The van der Waals surface area contributed by atoms with Gasteiger partial charge in [0, 0.05) is 34.5 Å². The largest absolute Gasteiger partial charge is 0.678 e. The molecule has 0 spiro atoms. The minimum Gasteiger partial charge on any atom is -0.355 e. The summed E-state index contributed by atoms with van der Waals surface area (Å²) in [5.74, 6) is 0. The molecule has 0 aromatic carbocycles. The number of hydrogen-bond acceptors (Lipinski definition) is 5. The lowest BCUT2D eigenvalue weighted by Crippen LogP contribution is -2.46. The van der Waals surface area contributed by atoms with Crippen molar-refractivity contribution in [2.75, 3.05) is 34.5 Å². The second-order valence-electron chi connectivity index (χ2n) is 2.34. The molecule has 0 atom stereocenters. The Labute approximate surface area is 85.0 Å². The topological polar surface area (TPSA) is 66.0 Å². The number of carbonyl (C=O) groups excluding carboxylic acids is 1. The summed E-state index contributed by atoms with van der Waals surface area (Å²) in [6.07, 6.45) is 2.22. The van der Waals surface area contributed by atoms with Crippen LogP contribution in [0.25, 0.3) is 0 Å². The maximum atomic E-state index is 9.79. The number of rotatable bonds is 9. The molecule has 0 aromatic rings. The quantitative estimate of drug-likeness (QED) is 0.321. The second kappa shape index (κ2) is 7.89. The highest BCUT2D eigenvalue weighted by molar-refractivity contribution is 6.53. The van der Waals surface area contributed by atoms with Crippen LogP contribution < -0.4 is 5.32 Å². The molecule has 0 rings (SSSR count). The number of nitrogens with one attached hydrogen (secondary N) is 1. The van der Waals surface area contributed by atoms with E-state index < -0.39 is 9.05 Å². The van der Waals surface area contributed by atoms with Gasteiger partial charge in [0.25, 0.3) is 0 Å². The fourth-order valence-corrected chi connectivity index (χ4v) is 2.08. The van der Waals surface area contributed by atoms with Crippen LogP contribution in [-0.4, -0.2) is 49.9 Å². The van der Waals surface area contributed by atoms with Crippen LogP contribution in [0.5, 0.6) is 0 Å². The highest BCUT2D eigenvalue weighted by atomic mass is 28.4. The monoisotopic (exact) mass is 222 g/mol. The average molecular weight is 222 g/mol. The molecule has 1 N–H and O–H groups in total. The fourth-order valence-electron chi connectivity index (χ4n) is 0.836. The van der Waals surface area contributed by atoms with Crippen LogP contribution in [0.3, 0.4) is 0 Å². The van der Waals surface area contributed by atoms with Gasteiger partial charge in [-0.1, -0.05) is 0 Å². The first-order chi connectivity index (χ1) is 6.74. The lowest BCUT2D eigenvalue weighted by molar-refractivity contribution is 0.00563. The van der Waals surface area contributed by atoms with E-state index in [1.807, 2.05) is 0 Å². The van der Waals surface area contributed by atoms with Gasteiger partial charge < -0.3 is 23.0 Å². The molecule has 0 aliphatic heterocycles. The van der Waals surface area contributed by atoms with Crippen LogP contribution >= 0.6 is 0 Å². The summed E-state index contributed by atoms with van der Waals surface area (Å²) < 4.78 is 20.4. The minimum atomic E-state index is -2.90. The predicted molar refractivity (Wildman–Crippen MR) is 51.0 cm³/mol. The van der Waals surface area contributed by atoms with Gasteiger partial charge in [0.15, 0.2) is 0 Å². The van der Waals surface area contributed by atoms with Gasteiger partial charge in [-0.2, -0.15) is 0 Å². The van der Waals surface area contributed by atoms with Crippen molar-refractivity contribution in [3.8, 4) is 0 Å². The van der Waals surface area contributed by atoms with Crippen molar-refractivity contribution in [1.29, 1.82) is 0 Å². The average Bonchev–Trinajstić information content (AvgIpc) is 2.24. The van der Waals surface area contributed by atoms with E-state index in [-0.39, 0.29) is 0 Å². The maximum Gasteiger partial charge on any atom is 0.678 e. The SMILES string of the molecule is CO[Si](OC)(OC)OCCCN[C]=O. The van der Waals surface area contributed by atoms with E-state index in [1.54, 1.807) is 6.41 Å². The summed E-state index contributed by atoms with van der Waals surface area (Å²) >= 11 is 0. The van der Waals surface area contributed by atoms with Crippen molar-refractivity contribution in [2.45, 2.75) is 6.42 Å². The Kier molecular flexibility index (Phi) is 7.62. The number of amides is 1. The van der Waals surface area contributed by atoms with E-state index in [9.17, 15) is 4.79 Å². The molecule has 83 valence electrons. The Bertz CT molecular complexity index is 145. The molecular formula is C7H16NO5Si. The van der Waals surface area contributed by atoms with Crippen molar-refractivity contribution in [1.82, 2.24) is 5.32 Å². The Hall–Kier alpha value is -0.473. The highest BCUT2D eigenvalue weighted by Crippen LogP contribution is 2.07. The first kappa shape index (κ1) is 13.5. The molecule has 0 aromatic heterocycles. The van der Waals surface area contributed by atoms with Gasteiger partial charge >= 0.3 is 15.5 Å². The van der Waals surface area contributed by atoms with Gasteiger partial charge in [0.05, 0.1) is 0 Å². The van der Waals surface area contributed by atoms with Gasteiger partial charge in [-0.15, -0.1) is 0 Å². The summed E-state index contributed by atoms with van der Waals surface area (Å²) in [6.45, 7) is 0.904. The molecule has 0 bridgehead atoms. The normalized spacial score (nSPS) is 11.4. The third kappa shape index (κ3) is 4.68. The molecule has 6 nitrogen and oxygen atoms in total. The molecule has 0 aliphatic carbocycles. The van der Waals surface area contributed by atoms with E-state index >= 15 is 0 Å². The molecule has 0 saturated carbocycles. The molecule has 14 heavy (non-hydrogen) atoms. The van der Waals surface area contributed by atoms with Gasteiger partial charge in [0.2, 0.25) is 0 Å². The molecule has 0 heterocycles. The zero-order valence-electron chi connectivity index (χ0n) is 8.66. The molecular weight excluding hydrogens is 206 g/mol. The Morgan fingerprint density at radius 3 is 2.21 bits per heavy atom. The lowest BCUT2D eigenvalue weighted by atomic mass is 10.5. The van der Waals surface area contributed by atoms with Gasteiger partial charge in [0.1, 0.15) is 0 Å². The molecule has 7 heteroatoms. The number of hydrogen-bond donors (Lipinski definition) is 1. The zero-order chi connectivity index (χ0) is 10.9. The van der Waals surface area contributed by atoms with Crippen molar-refractivity contribution in [3.63, 3.8) is 0 Å². The van der Waals surface area contributed by atoms with Crippen LogP contribution in [0.15, 0.2) is 0 Å². The van der Waals surface area contributed by atoms with Gasteiger partial charge in [-0.25, -0.2) is 0 Å². The molecule has 0 unspecified atom stereocenters. The smallest absolute Gasteiger partial charge is 0.355 e. The summed E-state index contributed by atoms with van der Waals surface area (Å²) in [7, 11) is 1.50. The van der Waals surface area contributed by atoms with Crippen molar-refractivity contribution in [2.24, 2.45) is 0 Å². The van der Waals surface area contributed by atoms with Gasteiger partial charge in [-0.3, -0.25) is 4.79 Å². The van der Waals surface area contributed by atoms with Crippen LogP contribution in [0.4, 0.5) is 0 Å². The Morgan fingerprint density at radius 2 is 1.79 bits per heavy atom. The van der Waals surface area contributed by atoms with Crippen molar-refractivity contribution < 1.29 is 22.5 Å². The van der Waals surface area contributed by atoms with E-state index in [4.69, 9.17) is 17.7 Å². The van der Waals surface area contributed by atoms with E-state index in [2.05, 4.69) is 5.32 Å². The van der Waals surface area contributed by atoms with Crippen molar-refractivity contribution >= 4 is 15.5 Å². The van der Waals surface area contributed by atoms with E-state index in [0.717, 1.165) is 0 Å². The Morgan fingerprint density at radius 1 is 1.21 bits per heavy atom. The first-order valence-corrected chi connectivity index (χ1v) is 5.77. The minimum absolute atomic E-state index is 0.399. The second-order valence-corrected chi connectivity index (χ2v) is 4.86. The molecule has 1 radical (unpaired) electrons. The molecule has 0 aliphatic rings. The third-order valence-corrected chi connectivity index (χ3v) is 3.60. The van der Waals surface area contributed by atoms with Crippen LogP contribution in [-0.2, 0) is 22.5 Å². The standard InChI is InChI=1S/C7H16NO5Si/c1-10-14(11-2,12-3)13-6-4-5-8-7-9/h4-6H2,1-3H3,(H,8,9). The van der Waals surface area contributed by atoms with Crippen LogP contribution in [0.2, 0.25) is 0 Å². The van der Waals surface area contributed by atoms with Crippen LogP contribution in [0, 0.1) is 0 Å². The summed E-state index contributed by atoms with van der Waals surface area (Å²) in [5.41, 5.74) is 0. The molecule has 0 saturated heterocycles. The van der Waals surface area contributed by atoms with Crippen LogP contribution in [0.1, 0.15) is 6.42 Å². The van der Waals surface area contributed by atoms with Gasteiger partial charge in [-0.05, 0) is 6.42 Å². The first-order valence-electron chi connectivity index (χ1n) is 4.14. The predicted octanol–water partition coefficient (Wildman–Crippen LogP) is -0.575. The molecule has 1 amide bonds. The maximum absolute atomic E-state index is 9.79. The Balaban J connectivity index is 3.65. The summed E-state index contributed by atoms with van der Waals surface area (Å²) in [5, 5.41) is 2.40. The van der Waals surface area contributed by atoms with E-state index in [0.29, 0.717) is 19.6 Å². The summed E-state index contributed by atoms with van der Waals surface area (Å²) in [6, 6.07) is 0. The zero-order valence-corrected chi connectivity index (χ0v) is 9.66. The van der Waals surface area contributed by atoms with Crippen molar-refractivity contribution in [3.05, 3.63) is 0 Å². The van der Waals surface area contributed by atoms with E-state index in [1.165, 1.54) is 21.3 Å².